The van der Waals surface area contributed by atoms with E-state index in [1.807, 2.05) is 4.90 Å². The number of nitrogens with zero attached hydrogens (tertiary/aromatic N) is 1. The van der Waals surface area contributed by atoms with Crippen molar-refractivity contribution in [3.8, 4) is 17.2 Å². The fraction of sp³-hybridized carbons (Fsp3) is 0.318. The van der Waals surface area contributed by atoms with Gasteiger partial charge in [0.2, 0.25) is 5.75 Å². The Kier molecular flexibility index (Phi) is 4.63. The molecule has 0 radical (unpaired) electrons. The molecule has 6 heteroatoms. The Morgan fingerprint density at radius 1 is 1.04 bits per heavy atom. The summed E-state index contributed by atoms with van der Waals surface area (Å²) in [6, 6.07) is 9.80. The Labute approximate surface area is 164 Å². The predicted octanol–water partition coefficient (Wildman–Crippen LogP) is 3.70. The Balaban J connectivity index is 1.69. The van der Waals surface area contributed by atoms with E-state index in [4.69, 9.17) is 14.2 Å². The maximum Gasteiger partial charge on any atom is 0.254 e. The number of fused-ring (bicyclic) bond motifs is 3. The van der Waals surface area contributed by atoms with Gasteiger partial charge < -0.3 is 24.1 Å². The smallest absolute Gasteiger partial charge is 0.254 e. The van der Waals surface area contributed by atoms with Crippen LogP contribution in [-0.4, -0.2) is 43.7 Å². The first-order valence-corrected chi connectivity index (χ1v) is 9.25. The van der Waals surface area contributed by atoms with Crippen molar-refractivity contribution in [1.29, 1.82) is 0 Å². The highest BCUT2D eigenvalue weighted by molar-refractivity contribution is 5.96. The minimum Gasteiger partial charge on any atom is -0.493 e. The molecular weight excluding hydrogens is 356 g/mol. The van der Waals surface area contributed by atoms with Crippen LogP contribution in [0.1, 0.15) is 27.2 Å². The van der Waals surface area contributed by atoms with Crippen LogP contribution < -0.4 is 14.2 Å². The molecule has 3 aromatic rings. The first-order chi connectivity index (χ1) is 13.5. The van der Waals surface area contributed by atoms with E-state index >= 15 is 0 Å². The highest BCUT2D eigenvalue weighted by Gasteiger charge is 2.26. The van der Waals surface area contributed by atoms with Gasteiger partial charge in [-0.2, -0.15) is 0 Å². The average Bonchev–Trinajstić information content (AvgIpc) is 3.09. The van der Waals surface area contributed by atoms with Gasteiger partial charge in [-0.15, -0.1) is 0 Å². The normalized spacial score (nSPS) is 13.4. The summed E-state index contributed by atoms with van der Waals surface area (Å²) >= 11 is 0. The summed E-state index contributed by atoms with van der Waals surface area (Å²) in [5.74, 6) is 1.39. The second-order valence-corrected chi connectivity index (χ2v) is 7.02. The van der Waals surface area contributed by atoms with Crippen LogP contribution in [0.5, 0.6) is 17.2 Å². The van der Waals surface area contributed by atoms with Gasteiger partial charge in [0, 0.05) is 47.2 Å². The number of rotatable bonds is 4. The summed E-state index contributed by atoms with van der Waals surface area (Å²) in [5.41, 5.74) is 5.27. The second kappa shape index (κ2) is 7.11. The number of carbonyl (C=O) groups excluding carboxylic acids is 1. The number of aryl methyl sites for hydroxylation is 1. The molecule has 1 aromatic heterocycles. The predicted molar refractivity (Wildman–Crippen MR) is 108 cm³/mol. The molecule has 1 N–H and O–H groups in total. The zero-order chi connectivity index (χ0) is 19.8. The van der Waals surface area contributed by atoms with Crippen LogP contribution in [0.4, 0.5) is 0 Å². The van der Waals surface area contributed by atoms with Crippen LogP contribution in [0, 0.1) is 6.92 Å². The van der Waals surface area contributed by atoms with Gasteiger partial charge in [-0.25, -0.2) is 0 Å². The van der Waals surface area contributed by atoms with Crippen molar-refractivity contribution >= 4 is 16.8 Å². The Morgan fingerprint density at radius 3 is 2.39 bits per heavy atom. The SMILES string of the molecule is COc1cc(C(=O)N2CCc3[nH]c4ccc(C)cc4c3C2)cc(OC)c1OC. The van der Waals surface area contributed by atoms with Gasteiger partial charge in [0.05, 0.1) is 21.3 Å². The Morgan fingerprint density at radius 2 is 1.75 bits per heavy atom. The van der Waals surface area contributed by atoms with Crippen molar-refractivity contribution in [3.05, 3.63) is 52.7 Å². The number of hydrogen-bond acceptors (Lipinski definition) is 4. The third kappa shape index (κ3) is 2.95. The van der Waals surface area contributed by atoms with Crippen LogP contribution in [0.3, 0.4) is 0 Å². The van der Waals surface area contributed by atoms with E-state index in [9.17, 15) is 4.79 Å². The molecule has 0 aliphatic carbocycles. The van der Waals surface area contributed by atoms with Crippen LogP contribution in [0.2, 0.25) is 0 Å². The number of aromatic nitrogens is 1. The van der Waals surface area contributed by atoms with Gasteiger partial charge in [0.25, 0.3) is 5.91 Å². The first kappa shape index (κ1) is 18.2. The maximum atomic E-state index is 13.2. The molecule has 0 unspecified atom stereocenters. The Hall–Kier alpha value is -3.15. The maximum absolute atomic E-state index is 13.2. The van der Waals surface area contributed by atoms with E-state index in [1.165, 1.54) is 22.2 Å². The molecule has 1 aliphatic rings. The molecule has 0 spiro atoms. The van der Waals surface area contributed by atoms with Gasteiger partial charge in [0.1, 0.15) is 0 Å². The van der Waals surface area contributed by atoms with E-state index in [1.54, 1.807) is 33.5 Å². The van der Waals surface area contributed by atoms with Crippen molar-refractivity contribution in [1.82, 2.24) is 9.88 Å². The van der Waals surface area contributed by atoms with E-state index in [2.05, 4.69) is 30.1 Å². The summed E-state index contributed by atoms with van der Waals surface area (Å²) in [6.45, 7) is 3.32. The number of carbonyl (C=O) groups is 1. The molecule has 1 aliphatic heterocycles. The van der Waals surface area contributed by atoms with Crippen LogP contribution in [0.15, 0.2) is 30.3 Å². The quantitative estimate of drug-likeness (QED) is 0.750. The number of hydrogen-bond donors (Lipinski definition) is 1. The fourth-order valence-corrected chi connectivity index (χ4v) is 3.89. The largest absolute Gasteiger partial charge is 0.493 e. The molecule has 0 fully saturated rings. The summed E-state index contributed by atoms with van der Waals surface area (Å²) < 4.78 is 16.1. The van der Waals surface area contributed by atoms with Crippen LogP contribution in [0.25, 0.3) is 10.9 Å². The molecule has 0 saturated carbocycles. The number of ether oxygens (including phenoxy) is 3. The van der Waals surface area contributed by atoms with Gasteiger partial charge in [0.15, 0.2) is 11.5 Å². The average molecular weight is 380 g/mol. The highest BCUT2D eigenvalue weighted by Crippen LogP contribution is 2.39. The lowest BCUT2D eigenvalue weighted by molar-refractivity contribution is 0.0734. The van der Waals surface area contributed by atoms with Crippen molar-refractivity contribution in [2.24, 2.45) is 0 Å². The van der Waals surface area contributed by atoms with Crippen molar-refractivity contribution in [2.75, 3.05) is 27.9 Å². The molecule has 6 nitrogen and oxygen atoms in total. The van der Waals surface area contributed by atoms with Gasteiger partial charge >= 0.3 is 0 Å². The zero-order valence-electron chi connectivity index (χ0n) is 16.6. The third-order valence-corrected chi connectivity index (χ3v) is 5.33. The number of nitrogens with one attached hydrogen (secondary N) is 1. The molecule has 2 heterocycles. The molecule has 146 valence electrons. The lowest BCUT2D eigenvalue weighted by atomic mass is 10.0. The third-order valence-electron chi connectivity index (χ3n) is 5.33. The molecule has 1 amide bonds. The topological polar surface area (TPSA) is 63.8 Å². The number of amides is 1. The minimum absolute atomic E-state index is 0.0492. The lowest BCUT2D eigenvalue weighted by Crippen LogP contribution is -2.35. The molecule has 0 atom stereocenters. The standard InChI is InChI=1S/C22H24N2O4/c1-13-5-6-17-15(9-13)16-12-24(8-7-18(16)23-17)22(25)14-10-19(26-2)21(28-4)20(11-14)27-3/h5-6,9-11,23H,7-8,12H2,1-4H3. The summed E-state index contributed by atoms with van der Waals surface area (Å²) in [4.78, 5) is 18.6. The van der Waals surface area contributed by atoms with Gasteiger partial charge in [-0.3, -0.25) is 4.79 Å². The number of methoxy groups -OCH3 is 3. The summed E-state index contributed by atoms with van der Waals surface area (Å²) in [7, 11) is 4.65. The van der Waals surface area contributed by atoms with Crippen molar-refractivity contribution in [2.45, 2.75) is 19.9 Å². The number of benzene rings is 2. The van der Waals surface area contributed by atoms with E-state index < -0.39 is 0 Å². The summed E-state index contributed by atoms with van der Waals surface area (Å²) in [5, 5.41) is 1.19. The van der Waals surface area contributed by atoms with E-state index in [-0.39, 0.29) is 5.91 Å². The number of aromatic amines is 1. The van der Waals surface area contributed by atoms with E-state index in [0.717, 1.165) is 11.9 Å². The molecule has 0 saturated heterocycles. The zero-order valence-corrected chi connectivity index (χ0v) is 16.6. The Bertz CT molecular complexity index is 1030. The molecule has 4 rings (SSSR count). The molecular formula is C22H24N2O4. The van der Waals surface area contributed by atoms with Gasteiger partial charge in [-0.1, -0.05) is 11.6 Å². The highest BCUT2D eigenvalue weighted by atomic mass is 16.5. The second-order valence-electron chi connectivity index (χ2n) is 7.02. The molecule has 28 heavy (non-hydrogen) atoms. The first-order valence-electron chi connectivity index (χ1n) is 9.25. The van der Waals surface area contributed by atoms with Gasteiger partial charge in [-0.05, 0) is 31.2 Å². The molecule has 0 bridgehead atoms. The monoisotopic (exact) mass is 380 g/mol. The minimum atomic E-state index is -0.0492. The lowest BCUT2D eigenvalue weighted by Gasteiger charge is -2.28. The number of H-pyrrole nitrogens is 1. The molecule has 2 aromatic carbocycles. The fourth-order valence-electron chi connectivity index (χ4n) is 3.89. The summed E-state index contributed by atoms with van der Waals surface area (Å²) in [6.07, 6.45) is 0.805. The van der Waals surface area contributed by atoms with E-state index in [0.29, 0.717) is 35.9 Å². The van der Waals surface area contributed by atoms with Crippen LogP contribution in [-0.2, 0) is 13.0 Å². The van der Waals surface area contributed by atoms with Crippen molar-refractivity contribution < 1.29 is 19.0 Å². The van der Waals surface area contributed by atoms with Crippen molar-refractivity contribution in [3.63, 3.8) is 0 Å². The van der Waals surface area contributed by atoms with Crippen LogP contribution >= 0.6 is 0 Å².